The summed E-state index contributed by atoms with van der Waals surface area (Å²) in [5, 5.41) is 2.84. The lowest BCUT2D eigenvalue weighted by Gasteiger charge is -2.13. The number of rotatable bonds is 4. The largest absolute Gasteiger partial charge is 0.350 e. The van der Waals surface area contributed by atoms with Crippen LogP contribution in [0.5, 0.6) is 0 Å². The Kier molecular flexibility index (Phi) is 4.71. The van der Waals surface area contributed by atoms with Gasteiger partial charge in [0.25, 0.3) is 0 Å². The molecule has 0 aliphatic carbocycles. The molecule has 0 bridgehead atoms. The molecule has 2 aromatic carbocycles. The highest BCUT2D eigenvalue weighted by Crippen LogP contribution is 2.16. The van der Waals surface area contributed by atoms with Crippen molar-refractivity contribution in [3.8, 4) is 0 Å². The van der Waals surface area contributed by atoms with Gasteiger partial charge >= 0.3 is 0 Å². The fourth-order valence-corrected chi connectivity index (χ4v) is 2.17. The Morgan fingerprint density at radius 1 is 1.11 bits per heavy atom. The van der Waals surface area contributed by atoms with Gasteiger partial charge in [-0.05, 0) is 17.2 Å². The summed E-state index contributed by atoms with van der Waals surface area (Å²) < 4.78 is 0.976. The Morgan fingerprint density at radius 3 is 2.42 bits per heavy atom. The second-order valence-corrected chi connectivity index (χ2v) is 5.05. The molecule has 3 nitrogen and oxygen atoms in total. The van der Waals surface area contributed by atoms with Gasteiger partial charge in [-0.25, -0.2) is 0 Å². The third-order valence-corrected chi connectivity index (χ3v) is 3.63. The number of hydrogen-bond donors (Lipinski definition) is 2. The molecule has 1 amide bonds. The summed E-state index contributed by atoms with van der Waals surface area (Å²) in [5.41, 5.74) is 7.75. The zero-order chi connectivity index (χ0) is 13.7. The first-order chi connectivity index (χ1) is 9.18. The molecular weight excluding hydrogens is 304 g/mol. The van der Waals surface area contributed by atoms with E-state index in [0.717, 1.165) is 15.6 Å². The Labute approximate surface area is 121 Å². The van der Waals surface area contributed by atoms with Crippen LogP contribution in [-0.4, -0.2) is 5.91 Å². The molecule has 0 aromatic heterocycles. The van der Waals surface area contributed by atoms with Crippen molar-refractivity contribution in [1.29, 1.82) is 0 Å². The van der Waals surface area contributed by atoms with Gasteiger partial charge in [0, 0.05) is 11.0 Å². The van der Waals surface area contributed by atoms with E-state index in [2.05, 4.69) is 21.2 Å². The zero-order valence-electron chi connectivity index (χ0n) is 10.3. The van der Waals surface area contributed by atoms with Crippen molar-refractivity contribution >= 4 is 21.8 Å². The second-order valence-electron chi connectivity index (χ2n) is 4.20. The lowest BCUT2D eigenvalue weighted by Crippen LogP contribution is -2.33. The number of carbonyl (C=O) groups is 1. The summed E-state index contributed by atoms with van der Waals surface area (Å²) in [6, 6.07) is 16.5. The van der Waals surface area contributed by atoms with Crippen molar-refractivity contribution in [2.24, 2.45) is 5.73 Å². The van der Waals surface area contributed by atoms with E-state index in [-0.39, 0.29) is 5.91 Å². The van der Waals surface area contributed by atoms with E-state index in [4.69, 9.17) is 5.73 Å². The standard InChI is InChI=1S/C15H15BrN2O/c16-13-9-5-4-8-12(13)10-18-15(19)14(17)11-6-2-1-3-7-11/h1-9,14H,10,17H2,(H,18,19). The van der Waals surface area contributed by atoms with Crippen molar-refractivity contribution in [3.05, 3.63) is 70.2 Å². The summed E-state index contributed by atoms with van der Waals surface area (Å²) in [6.45, 7) is 0.459. The molecule has 0 aliphatic heterocycles. The molecule has 0 saturated carbocycles. The second kappa shape index (κ2) is 6.50. The average molecular weight is 319 g/mol. The molecule has 2 aromatic rings. The molecular formula is C15H15BrN2O. The maximum Gasteiger partial charge on any atom is 0.241 e. The normalized spacial score (nSPS) is 11.9. The van der Waals surface area contributed by atoms with Crippen LogP contribution in [-0.2, 0) is 11.3 Å². The monoisotopic (exact) mass is 318 g/mol. The van der Waals surface area contributed by atoms with E-state index >= 15 is 0 Å². The van der Waals surface area contributed by atoms with Gasteiger partial charge in [-0.3, -0.25) is 4.79 Å². The van der Waals surface area contributed by atoms with Gasteiger partial charge in [0.05, 0.1) is 0 Å². The average Bonchev–Trinajstić information content (AvgIpc) is 2.46. The van der Waals surface area contributed by atoms with Crippen LogP contribution in [0.2, 0.25) is 0 Å². The first-order valence-corrected chi connectivity index (χ1v) is 6.79. The smallest absolute Gasteiger partial charge is 0.241 e. The quantitative estimate of drug-likeness (QED) is 0.910. The van der Waals surface area contributed by atoms with Gasteiger partial charge in [0.2, 0.25) is 5.91 Å². The molecule has 0 aliphatic rings. The molecule has 98 valence electrons. The summed E-state index contributed by atoms with van der Waals surface area (Å²) in [4.78, 5) is 12.0. The number of benzene rings is 2. The molecule has 0 heterocycles. The number of nitrogens with one attached hydrogen (secondary N) is 1. The van der Waals surface area contributed by atoms with Crippen molar-refractivity contribution in [2.45, 2.75) is 12.6 Å². The minimum absolute atomic E-state index is 0.179. The number of carbonyl (C=O) groups excluding carboxylic acids is 1. The van der Waals surface area contributed by atoms with Gasteiger partial charge in [-0.2, -0.15) is 0 Å². The third-order valence-electron chi connectivity index (χ3n) is 2.85. The molecule has 0 fully saturated rings. The summed E-state index contributed by atoms with van der Waals surface area (Å²) in [7, 11) is 0. The SMILES string of the molecule is NC(C(=O)NCc1ccccc1Br)c1ccccc1. The van der Waals surface area contributed by atoms with Crippen LogP contribution in [0.15, 0.2) is 59.1 Å². The molecule has 4 heteroatoms. The molecule has 0 radical (unpaired) electrons. The first kappa shape index (κ1) is 13.8. The van der Waals surface area contributed by atoms with E-state index in [1.807, 2.05) is 54.6 Å². The minimum Gasteiger partial charge on any atom is -0.350 e. The lowest BCUT2D eigenvalue weighted by atomic mass is 10.1. The molecule has 2 rings (SSSR count). The van der Waals surface area contributed by atoms with Crippen LogP contribution in [0.25, 0.3) is 0 Å². The number of halogens is 1. The molecule has 3 N–H and O–H groups in total. The van der Waals surface area contributed by atoms with E-state index in [0.29, 0.717) is 6.54 Å². The van der Waals surface area contributed by atoms with Crippen LogP contribution in [0.1, 0.15) is 17.2 Å². The molecule has 1 atom stereocenters. The van der Waals surface area contributed by atoms with Crippen LogP contribution >= 0.6 is 15.9 Å². The Bertz CT molecular complexity index is 557. The highest BCUT2D eigenvalue weighted by molar-refractivity contribution is 9.10. The van der Waals surface area contributed by atoms with Gasteiger partial charge in [0.15, 0.2) is 0 Å². The van der Waals surface area contributed by atoms with E-state index in [1.165, 1.54) is 0 Å². The lowest BCUT2D eigenvalue weighted by molar-refractivity contribution is -0.122. The number of amides is 1. The van der Waals surface area contributed by atoms with Gasteiger partial charge in [-0.1, -0.05) is 64.5 Å². The molecule has 0 spiro atoms. The van der Waals surface area contributed by atoms with Crippen LogP contribution < -0.4 is 11.1 Å². The van der Waals surface area contributed by atoms with Gasteiger partial charge < -0.3 is 11.1 Å². The van der Waals surface area contributed by atoms with Crippen molar-refractivity contribution < 1.29 is 4.79 Å². The van der Waals surface area contributed by atoms with Crippen LogP contribution in [0, 0.1) is 0 Å². The predicted molar refractivity (Wildman–Crippen MR) is 79.4 cm³/mol. The first-order valence-electron chi connectivity index (χ1n) is 6.00. The molecule has 0 saturated heterocycles. The van der Waals surface area contributed by atoms with Crippen molar-refractivity contribution in [2.75, 3.05) is 0 Å². The summed E-state index contributed by atoms with van der Waals surface area (Å²) in [5.74, 6) is -0.179. The number of hydrogen-bond acceptors (Lipinski definition) is 2. The Balaban J connectivity index is 1.97. The highest BCUT2D eigenvalue weighted by atomic mass is 79.9. The summed E-state index contributed by atoms with van der Waals surface area (Å²) >= 11 is 3.45. The third kappa shape index (κ3) is 3.66. The van der Waals surface area contributed by atoms with E-state index < -0.39 is 6.04 Å². The zero-order valence-corrected chi connectivity index (χ0v) is 11.9. The number of nitrogens with two attached hydrogens (primary N) is 1. The van der Waals surface area contributed by atoms with Crippen molar-refractivity contribution in [1.82, 2.24) is 5.32 Å². The topological polar surface area (TPSA) is 55.1 Å². The molecule has 19 heavy (non-hydrogen) atoms. The van der Waals surface area contributed by atoms with E-state index in [1.54, 1.807) is 0 Å². The minimum atomic E-state index is -0.635. The maximum atomic E-state index is 12.0. The van der Waals surface area contributed by atoms with Gasteiger partial charge in [0.1, 0.15) is 6.04 Å². The molecule has 1 unspecified atom stereocenters. The highest BCUT2D eigenvalue weighted by Gasteiger charge is 2.14. The Morgan fingerprint density at radius 2 is 1.74 bits per heavy atom. The predicted octanol–water partition coefficient (Wildman–Crippen LogP) is 2.77. The van der Waals surface area contributed by atoms with Crippen LogP contribution in [0.3, 0.4) is 0 Å². The fourth-order valence-electron chi connectivity index (χ4n) is 1.75. The van der Waals surface area contributed by atoms with Gasteiger partial charge in [-0.15, -0.1) is 0 Å². The van der Waals surface area contributed by atoms with Crippen LogP contribution in [0.4, 0.5) is 0 Å². The maximum absolute atomic E-state index is 12.0. The van der Waals surface area contributed by atoms with E-state index in [9.17, 15) is 4.79 Å². The fraction of sp³-hybridized carbons (Fsp3) is 0.133. The Hall–Kier alpha value is -1.65. The van der Waals surface area contributed by atoms with Crippen molar-refractivity contribution in [3.63, 3.8) is 0 Å². The summed E-state index contributed by atoms with van der Waals surface area (Å²) in [6.07, 6.45) is 0.